The number of aliphatic hydroxyl groups excluding tert-OH is 28. The van der Waals surface area contributed by atoms with Crippen LogP contribution in [0.25, 0.3) is 0 Å². The summed E-state index contributed by atoms with van der Waals surface area (Å²) in [5.41, 5.74) is 0. The van der Waals surface area contributed by atoms with E-state index in [1.165, 1.54) is 0 Å². The molecule has 0 bridgehead atoms. The lowest BCUT2D eigenvalue weighted by molar-refractivity contribution is -0.387. The number of rotatable bonds is 32. The van der Waals surface area contributed by atoms with Crippen LogP contribution in [-0.4, -0.2) is 539 Å². The molecule has 0 radical (unpaired) electrons. The predicted molar refractivity (Wildman–Crippen MR) is 376 cm³/mol. The molecule has 10 rings (SSSR count). The van der Waals surface area contributed by atoms with Gasteiger partial charge < -0.3 is 254 Å². The van der Waals surface area contributed by atoms with Crippen LogP contribution in [-0.2, 0) is 109 Å². The standard InChI is InChI=1S/C68H114N4O51/c1-15(82)69-29-39(92)51(25(11-79)112-60(29)105-14-28-38(91)58(50(103)68(115-28)119-54-24(10-78)106-59(104)45(98)44(54)97)122-62-30(70-16(2)83)40(93)52(26(12-80)113-62)116-64-46(99)42(95)33(86)19(5-73)108-64)117-66-48(101)56(36(89)22(8-76)110-66)121-61-31(71-17(3)84)41(94)53(27(13-81)114-61)118-67-49(102)57(37(90)23(9-77)111-67)123-63-32(72-18(4)85)55(35(88)21(7-75)107-63)120-65-47(100)43(96)34(87)20(6-74)109-65/h19-68,73-81,86-104H,5-14H2,1-4H3,(H,69,82)(H,70,83)(H,71,84)(H,72,85)/t19-,20-,21-,22-,23-,24-,25-,26-,27-,28-,29-,30-,31-,32-,33+,34+,35-,36+,37+,38+,39-,40-,41-,42+,43+,44-,45-,46-,47-,48-,49-,50-,51-,52-,53-,54-,55-,56+,57+,58+,59?,60-,61+,62+,63+,64+,65+,66+,67+,68+/m1/s1. The lowest BCUT2D eigenvalue weighted by atomic mass is 9.93. The summed E-state index contributed by atoms with van der Waals surface area (Å²) >= 11 is 0. The van der Waals surface area contributed by atoms with Crippen LogP contribution in [0.1, 0.15) is 27.7 Å². The van der Waals surface area contributed by atoms with Crippen LogP contribution in [0.5, 0.6) is 0 Å². The number of carbonyl (C=O) groups excluding carboxylic acids is 4. The van der Waals surface area contributed by atoms with E-state index in [2.05, 4.69) is 21.3 Å². The average molecular weight is 1800 g/mol. The molecule has 0 saturated carbocycles. The molecule has 32 N–H and O–H groups in total. The van der Waals surface area contributed by atoms with Gasteiger partial charge in [-0.1, -0.05) is 0 Å². The lowest BCUT2D eigenvalue weighted by Gasteiger charge is -2.51. The van der Waals surface area contributed by atoms with Crippen molar-refractivity contribution in [2.24, 2.45) is 0 Å². The molecule has 123 heavy (non-hydrogen) atoms. The third-order valence-corrected chi connectivity index (χ3v) is 22.5. The van der Waals surface area contributed by atoms with E-state index in [1.807, 2.05) is 0 Å². The summed E-state index contributed by atoms with van der Waals surface area (Å²) in [5, 5.41) is 319. The molecule has 10 aliphatic rings. The van der Waals surface area contributed by atoms with E-state index in [0.717, 1.165) is 27.7 Å². The van der Waals surface area contributed by atoms with Crippen LogP contribution >= 0.6 is 0 Å². The molecule has 4 amide bonds. The monoisotopic (exact) mass is 1800 g/mol. The Balaban J connectivity index is 0.856. The van der Waals surface area contributed by atoms with Crippen molar-refractivity contribution in [3.63, 3.8) is 0 Å². The Hall–Kier alpha value is -4.00. The summed E-state index contributed by atoms with van der Waals surface area (Å²) in [7, 11) is 0. The lowest BCUT2D eigenvalue weighted by Crippen LogP contribution is -2.71. The summed E-state index contributed by atoms with van der Waals surface area (Å²) < 4.78 is 111. The van der Waals surface area contributed by atoms with Crippen molar-refractivity contribution < 1.29 is 252 Å². The Morgan fingerprint density at radius 3 is 0.772 bits per heavy atom. The highest BCUT2D eigenvalue weighted by Gasteiger charge is 2.62. The minimum absolute atomic E-state index is 0.898. The molecule has 1 unspecified atom stereocenters. The first-order valence-corrected chi connectivity index (χ1v) is 39.1. The number of aliphatic hydroxyl groups is 28. The van der Waals surface area contributed by atoms with Gasteiger partial charge in [0.1, 0.15) is 244 Å². The summed E-state index contributed by atoms with van der Waals surface area (Å²) in [5.74, 6) is -3.76. The van der Waals surface area contributed by atoms with Gasteiger partial charge in [0.25, 0.3) is 0 Å². The number of carbonyl (C=O) groups is 4. The maximum atomic E-state index is 13.1. The molecular formula is C68H114N4O51. The summed E-state index contributed by atoms with van der Waals surface area (Å²) in [6.07, 6.45) is -94.4. The Labute approximate surface area is 695 Å². The van der Waals surface area contributed by atoms with Gasteiger partial charge in [0.2, 0.25) is 23.6 Å². The van der Waals surface area contributed by atoms with E-state index in [-0.39, 0.29) is 0 Å². The van der Waals surface area contributed by atoms with Gasteiger partial charge in [-0.2, -0.15) is 0 Å². The average Bonchev–Trinajstić information content (AvgIpc) is 0.781. The van der Waals surface area contributed by atoms with Crippen molar-refractivity contribution in [1.29, 1.82) is 0 Å². The molecule has 50 atom stereocenters. The van der Waals surface area contributed by atoms with Gasteiger partial charge >= 0.3 is 0 Å². The normalized spacial score (nSPS) is 49.4. The van der Waals surface area contributed by atoms with Gasteiger partial charge in [0.05, 0.1) is 66.1 Å². The number of amides is 4. The zero-order valence-corrected chi connectivity index (χ0v) is 65.9. The van der Waals surface area contributed by atoms with Crippen LogP contribution in [0, 0.1) is 0 Å². The van der Waals surface area contributed by atoms with Crippen LogP contribution in [0.4, 0.5) is 0 Å². The second-order valence-corrected chi connectivity index (χ2v) is 31.0. The highest BCUT2D eigenvalue weighted by molar-refractivity contribution is 5.74. The first kappa shape index (κ1) is 101. The number of ether oxygens (including phenoxy) is 19. The highest BCUT2D eigenvalue weighted by Crippen LogP contribution is 2.41. The van der Waals surface area contributed by atoms with E-state index >= 15 is 0 Å². The molecule has 712 valence electrons. The van der Waals surface area contributed by atoms with E-state index in [1.54, 1.807) is 0 Å². The molecular weight excluding hydrogens is 1690 g/mol. The molecule has 10 fully saturated rings. The van der Waals surface area contributed by atoms with Crippen molar-refractivity contribution in [1.82, 2.24) is 21.3 Å². The second kappa shape index (κ2) is 44.3. The highest BCUT2D eigenvalue weighted by atomic mass is 16.8. The minimum atomic E-state index is -2.40. The first-order chi connectivity index (χ1) is 58.2. The van der Waals surface area contributed by atoms with Crippen LogP contribution in [0.2, 0.25) is 0 Å². The molecule has 55 nitrogen and oxygen atoms in total. The topological polar surface area (TPSA) is 858 Å². The molecule has 10 saturated heterocycles. The predicted octanol–water partition coefficient (Wildman–Crippen LogP) is -22.2. The molecule has 10 heterocycles. The van der Waals surface area contributed by atoms with E-state index in [0.29, 0.717) is 0 Å². The van der Waals surface area contributed by atoms with Crippen molar-refractivity contribution in [2.45, 2.75) is 335 Å². The summed E-state index contributed by atoms with van der Waals surface area (Å²) in [6, 6.07) is -7.62. The fourth-order valence-corrected chi connectivity index (χ4v) is 16.0. The zero-order chi connectivity index (χ0) is 90.5. The molecule has 0 aromatic heterocycles. The van der Waals surface area contributed by atoms with Crippen molar-refractivity contribution >= 4 is 23.6 Å². The van der Waals surface area contributed by atoms with Gasteiger partial charge in [-0.05, 0) is 0 Å². The first-order valence-electron chi connectivity index (χ1n) is 39.1. The van der Waals surface area contributed by atoms with Gasteiger partial charge in [-0.25, -0.2) is 0 Å². The van der Waals surface area contributed by atoms with Gasteiger partial charge in [0, 0.05) is 27.7 Å². The maximum absolute atomic E-state index is 13.1. The summed E-state index contributed by atoms with van der Waals surface area (Å²) in [6.45, 7) is -7.08. The quantitative estimate of drug-likeness (QED) is 0.0297. The fourth-order valence-electron chi connectivity index (χ4n) is 16.0. The molecule has 0 spiro atoms. The van der Waals surface area contributed by atoms with Gasteiger partial charge in [-0.15, -0.1) is 0 Å². The smallest absolute Gasteiger partial charge is 0.217 e. The fraction of sp³-hybridized carbons (Fsp3) is 0.941. The Bertz CT molecular complexity index is 3310. The largest absolute Gasteiger partial charge is 0.394 e. The second-order valence-electron chi connectivity index (χ2n) is 31.0. The Morgan fingerprint density at radius 2 is 0.439 bits per heavy atom. The Kier molecular flexibility index (Phi) is 36.4. The SMILES string of the molecule is CC(=O)N[C@H]1[C@H](O[C@H]2[C@@H](O)[C@@H](CO[C@@H]3O[C@H](CO)[C@@H](O[C@@H]4O[C@H](CO)[C@H](O)[C@H](O[C@@H]5O[C@H](CO)[C@@H](O[C@@H]6O[C@H](CO)[C@H](O)[C@H](O[C@@H]7O[C@H](CO)[C@@H](O)[C@H](O[C@@H]8O[C@H](CO)[C@H](O)[C@H](O)[C@H]8O)[C@H]7NC(C)=O)[C@H]6O)[C@H](O)[C@H]5NC(C)=O)[C@H]4O)[C@H](O)[C@H]3NC(C)=O)O[C@@H](O[C@H]3[C@H](O)[C@@H](O)C(O)O[C@@H]3CO)[C@@H]2O)O[C@H](CO)[C@@H](O[C@@H]2O[C@H](CO)[C@H](O)[C@H](O)[C@H]2O)[C@@H]1O. The van der Waals surface area contributed by atoms with E-state index < -0.39 is 397 Å². The zero-order valence-electron chi connectivity index (χ0n) is 65.9. The van der Waals surface area contributed by atoms with Crippen molar-refractivity contribution in [3.05, 3.63) is 0 Å². The molecule has 10 aliphatic heterocycles. The molecule has 55 heteroatoms. The number of hydrogen-bond acceptors (Lipinski definition) is 51. The third-order valence-electron chi connectivity index (χ3n) is 22.5. The maximum Gasteiger partial charge on any atom is 0.217 e. The number of hydrogen-bond donors (Lipinski definition) is 32. The van der Waals surface area contributed by atoms with Crippen LogP contribution in [0.15, 0.2) is 0 Å². The van der Waals surface area contributed by atoms with E-state index in [4.69, 9.17) is 90.0 Å². The number of nitrogens with one attached hydrogen (secondary N) is 4. The van der Waals surface area contributed by atoms with E-state index in [9.17, 15) is 162 Å². The van der Waals surface area contributed by atoms with Crippen LogP contribution < -0.4 is 21.3 Å². The molecule has 0 aromatic carbocycles. The van der Waals surface area contributed by atoms with Gasteiger partial charge in [-0.3, -0.25) is 19.2 Å². The van der Waals surface area contributed by atoms with Crippen molar-refractivity contribution in [3.8, 4) is 0 Å². The Morgan fingerprint density at radius 1 is 0.211 bits per heavy atom. The van der Waals surface area contributed by atoms with Crippen LogP contribution in [0.3, 0.4) is 0 Å². The minimum Gasteiger partial charge on any atom is -0.394 e. The van der Waals surface area contributed by atoms with Crippen molar-refractivity contribution in [2.75, 3.05) is 66.1 Å². The van der Waals surface area contributed by atoms with Gasteiger partial charge in [0.15, 0.2) is 62.9 Å². The molecule has 0 aromatic rings. The molecule has 0 aliphatic carbocycles. The summed E-state index contributed by atoms with van der Waals surface area (Å²) in [4.78, 5) is 51.8. The third kappa shape index (κ3) is 22.3.